The van der Waals surface area contributed by atoms with E-state index in [1.54, 1.807) is 6.07 Å². The molecule has 1 amide bonds. The largest absolute Gasteiger partial charge is 0.475 e. The van der Waals surface area contributed by atoms with Gasteiger partial charge in [-0.15, -0.1) is 10.2 Å². The van der Waals surface area contributed by atoms with Crippen molar-refractivity contribution < 1.29 is 17.9 Å². The molecule has 3 aromatic rings. The molecular formula is C21H22N4O4S. The number of rotatable bonds is 8. The number of carbonyl (C=O) groups is 1. The van der Waals surface area contributed by atoms with Gasteiger partial charge in [-0.25, -0.2) is 12.7 Å². The Hall–Kier alpha value is -3.30. The van der Waals surface area contributed by atoms with Gasteiger partial charge in [0.2, 0.25) is 15.9 Å². The fourth-order valence-electron chi connectivity index (χ4n) is 2.57. The van der Waals surface area contributed by atoms with Gasteiger partial charge in [-0.05, 0) is 30.3 Å². The highest BCUT2D eigenvalue weighted by molar-refractivity contribution is 7.89. The van der Waals surface area contributed by atoms with Crippen molar-refractivity contribution in [3.05, 3.63) is 72.3 Å². The van der Waals surface area contributed by atoms with E-state index in [1.165, 1.54) is 38.4 Å². The van der Waals surface area contributed by atoms with Crippen LogP contribution in [0.3, 0.4) is 0 Å². The minimum absolute atomic E-state index is 0.130. The maximum absolute atomic E-state index is 12.2. The van der Waals surface area contributed by atoms with Gasteiger partial charge in [0.05, 0.1) is 17.1 Å². The quantitative estimate of drug-likeness (QED) is 0.554. The summed E-state index contributed by atoms with van der Waals surface area (Å²) in [6.45, 7) is 0.483. The molecule has 0 fully saturated rings. The Kier molecular flexibility index (Phi) is 6.76. The van der Waals surface area contributed by atoms with Crippen molar-refractivity contribution >= 4 is 15.9 Å². The molecule has 0 aliphatic rings. The molecule has 0 bridgehead atoms. The molecule has 1 aromatic heterocycles. The second-order valence-electron chi connectivity index (χ2n) is 6.54. The molecule has 156 valence electrons. The first kappa shape index (κ1) is 21.4. The normalized spacial score (nSPS) is 11.3. The van der Waals surface area contributed by atoms with E-state index in [-0.39, 0.29) is 24.0 Å². The summed E-state index contributed by atoms with van der Waals surface area (Å²) in [7, 11) is -0.615. The first-order valence-electron chi connectivity index (χ1n) is 9.20. The average Bonchev–Trinajstić information content (AvgIpc) is 2.77. The zero-order valence-electron chi connectivity index (χ0n) is 16.6. The van der Waals surface area contributed by atoms with E-state index in [2.05, 4.69) is 15.5 Å². The lowest BCUT2D eigenvalue weighted by Crippen LogP contribution is -2.28. The molecule has 8 nitrogen and oxygen atoms in total. The summed E-state index contributed by atoms with van der Waals surface area (Å²) in [6.07, 6.45) is 0. The van der Waals surface area contributed by atoms with Gasteiger partial charge in [0, 0.05) is 31.3 Å². The van der Waals surface area contributed by atoms with Crippen LogP contribution in [0.2, 0.25) is 0 Å². The predicted molar refractivity (Wildman–Crippen MR) is 113 cm³/mol. The van der Waals surface area contributed by atoms with E-state index in [0.717, 1.165) is 15.6 Å². The van der Waals surface area contributed by atoms with Crippen LogP contribution >= 0.6 is 0 Å². The van der Waals surface area contributed by atoms with E-state index in [0.29, 0.717) is 11.4 Å². The number of amides is 1. The number of nitrogens with one attached hydrogen (secondary N) is 1. The van der Waals surface area contributed by atoms with Crippen molar-refractivity contribution in [2.45, 2.75) is 4.90 Å². The SMILES string of the molecule is CN(C)S(=O)(=O)c1ccc(C(=O)NCCOc2ccc(-c3ccccc3)nn2)cc1. The standard InChI is InChI=1S/C21H22N4O4S/c1-25(2)30(27,28)18-10-8-17(9-11-18)21(26)22-14-15-29-20-13-12-19(23-24-20)16-6-4-3-5-7-16/h3-13H,14-15H2,1-2H3,(H,22,26). The van der Waals surface area contributed by atoms with E-state index in [9.17, 15) is 13.2 Å². The number of hydrogen-bond acceptors (Lipinski definition) is 6. The van der Waals surface area contributed by atoms with Gasteiger partial charge < -0.3 is 10.1 Å². The fraction of sp³-hybridized carbons (Fsp3) is 0.190. The van der Waals surface area contributed by atoms with Crippen LogP contribution in [-0.4, -0.2) is 56.1 Å². The molecule has 9 heteroatoms. The first-order valence-corrected chi connectivity index (χ1v) is 10.6. The number of hydrogen-bond donors (Lipinski definition) is 1. The van der Waals surface area contributed by atoms with E-state index in [4.69, 9.17) is 4.74 Å². The van der Waals surface area contributed by atoms with Gasteiger partial charge in [-0.3, -0.25) is 4.79 Å². The number of ether oxygens (including phenoxy) is 1. The van der Waals surface area contributed by atoms with Gasteiger partial charge >= 0.3 is 0 Å². The molecule has 0 radical (unpaired) electrons. The van der Waals surface area contributed by atoms with Crippen LogP contribution in [0.25, 0.3) is 11.3 Å². The van der Waals surface area contributed by atoms with Crippen molar-refractivity contribution in [3.8, 4) is 17.1 Å². The molecule has 0 spiro atoms. The molecule has 0 atom stereocenters. The summed E-state index contributed by atoms with van der Waals surface area (Å²) < 4.78 is 30.7. The lowest BCUT2D eigenvalue weighted by atomic mass is 10.1. The maximum Gasteiger partial charge on any atom is 0.251 e. The van der Waals surface area contributed by atoms with Gasteiger partial charge in [0.1, 0.15) is 6.61 Å². The molecule has 0 saturated carbocycles. The Morgan fingerprint density at radius 1 is 0.967 bits per heavy atom. The first-order chi connectivity index (χ1) is 14.4. The summed E-state index contributed by atoms with van der Waals surface area (Å²) in [5.74, 6) is 0.0417. The minimum atomic E-state index is -3.52. The lowest BCUT2D eigenvalue weighted by Gasteiger charge is -2.11. The molecule has 1 N–H and O–H groups in total. The Labute approximate surface area is 175 Å². The Bertz CT molecular complexity index is 1080. The third-order valence-electron chi connectivity index (χ3n) is 4.24. The number of sulfonamides is 1. The second-order valence-corrected chi connectivity index (χ2v) is 8.69. The monoisotopic (exact) mass is 426 g/mol. The summed E-state index contributed by atoms with van der Waals surface area (Å²) in [5, 5.41) is 10.9. The molecule has 3 rings (SSSR count). The molecular weight excluding hydrogens is 404 g/mol. The highest BCUT2D eigenvalue weighted by Crippen LogP contribution is 2.17. The summed E-state index contributed by atoms with van der Waals surface area (Å²) in [5.41, 5.74) is 2.07. The zero-order valence-corrected chi connectivity index (χ0v) is 17.5. The summed E-state index contributed by atoms with van der Waals surface area (Å²) in [4.78, 5) is 12.3. The predicted octanol–water partition coefficient (Wildman–Crippen LogP) is 2.20. The Morgan fingerprint density at radius 3 is 2.27 bits per heavy atom. The molecule has 0 unspecified atom stereocenters. The van der Waals surface area contributed by atoms with E-state index < -0.39 is 10.0 Å². The molecule has 0 saturated heterocycles. The maximum atomic E-state index is 12.2. The molecule has 0 aliphatic heterocycles. The van der Waals surface area contributed by atoms with Crippen molar-refractivity contribution in [2.75, 3.05) is 27.2 Å². The van der Waals surface area contributed by atoms with Crippen LogP contribution in [0.5, 0.6) is 5.88 Å². The topological polar surface area (TPSA) is 101 Å². The van der Waals surface area contributed by atoms with Crippen molar-refractivity contribution in [3.63, 3.8) is 0 Å². The number of nitrogens with zero attached hydrogens (tertiary/aromatic N) is 3. The minimum Gasteiger partial charge on any atom is -0.475 e. The summed E-state index contributed by atoms with van der Waals surface area (Å²) in [6, 6.07) is 19.0. The Morgan fingerprint density at radius 2 is 1.67 bits per heavy atom. The molecule has 0 aliphatic carbocycles. The number of benzene rings is 2. The summed E-state index contributed by atoms with van der Waals surface area (Å²) >= 11 is 0. The van der Waals surface area contributed by atoms with Gasteiger partial charge in [-0.2, -0.15) is 0 Å². The van der Waals surface area contributed by atoms with E-state index >= 15 is 0 Å². The van der Waals surface area contributed by atoms with Crippen LogP contribution in [0, 0.1) is 0 Å². The fourth-order valence-corrected chi connectivity index (χ4v) is 3.47. The van der Waals surface area contributed by atoms with Crippen LogP contribution in [0.1, 0.15) is 10.4 Å². The molecule has 2 aromatic carbocycles. The van der Waals surface area contributed by atoms with Crippen LogP contribution in [0.15, 0.2) is 71.6 Å². The highest BCUT2D eigenvalue weighted by atomic mass is 32.2. The third kappa shape index (κ3) is 5.19. The zero-order chi connectivity index (χ0) is 21.6. The van der Waals surface area contributed by atoms with Crippen LogP contribution in [0.4, 0.5) is 0 Å². The molecule has 30 heavy (non-hydrogen) atoms. The van der Waals surface area contributed by atoms with Crippen LogP contribution < -0.4 is 10.1 Å². The smallest absolute Gasteiger partial charge is 0.251 e. The van der Waals surface area contributed by atoms with Gasteiger partial charge in [0.15, 0.2) is 0 Å². The van der Waals surface area contributed by atoms with Gasteiger partial charge in [-0.1, -0.05) is 30.3 Å². The second kappa shape index (κ2) is 9.47. The van der Waals surface area contributed by atoms with Crippen molar-refractivity contribution in [2.24, 2.45) is 0 Å². The number of carbonyl (C=O) groups excluding carboxylic acids is 1. The van der Waals surface area contributed by atoms with Crippen molar-refractivity contribution in [1.29, 1.82) is 0 Å². The third-order valence-corrected chi connectivity index (χ3v) is 6.07. The van der Waals surface area contributed by atoms with Crippen LogP contribution in [-0.2, 0) is 10.0 Å². The highest BCUT2D eigenvalue weighted by Gasteiger charge is 2.17. The Balaban J connectivity index is 1.48. The van der Waals surface area contributed by atoms with E-state index in [1.807, 2.05) is 36.4 Å². The number of aromatic nitrogens is 2. The average molecular weight is 426 g/mol. The lowest BCUT2D eigenvalue weighted by molar-refractivity contribution is 0.0946. The van der Waals surface area contributed by atoms with Crippen molar-refractivity contribution in [1.82, 2.24) is 19.8 Å². The van der Waals surface area contributed by atoms with Gasteiger partial charge in [0.25, 0.3) is 5.91 Å². The molecule has 1 heterocycles.